The van der Waals surface area contributed by atoms with E-state index < -0.39 is 11.6 Å². The average Bonchev–Trinajstić information content (AvgIpc) is 2.17. The van der Waals surface area contributed by atoms with Gasteiger partial charge < -0.3 is 5.32 Å². The lowest BCUT2D eigenvalue weighted by Crippen LogP contribution is -2.25. The summed E-state index contributed by atoms with van der Waals surface area (Å²) >= 11 is 0. The van der Waals surface area contributed by atoms with Crippen LogP contribution in [0.5, 0.6) is 0 Å². The maximum absolute atomic E-state index is 13.3. The minimum Gasteiger partial charge on any atom is -0.377 e. The molecule has 0 amide bonds. The van der Waals surface area contributed by atoms with Gasteiger partial charge in [0.2, 0.25) is 0 Å². The van der Waals surface area contributed by atoms with Gasteiger partial charge in [-0.1, -0.05) is 26.8 Å². The van der Waals surface area contributed by atoms with Crippen molar-refractivity contribution in [2.75, 3.05) is 5.32 Å². The molecule has 0 aliphatic carbocycles. The van der Waals surface area contributed by atoms with E-state index in [9.17, 15) is 8.78 Å². The van der Waals surface area contributed by atoms with Gasteiger partial charge in [0.05, 0.1) is 0 Å². The fourth-order valence-electron chi connectivity index (χ4n) is 1.56. The second-order valence-corrected chi connectivity index (χ2v) is 4.00. The van der Waals surface area contributed by atoms with Crippen LogP contribution in [0.2, 0.25) is 0 Å². The van der Waals surface area contributed by atoms with Crippen molar-refractivity contribution in [2.24, 2.45) is 5.92 Å². The molecule has 0 fully saturated rings. The van der Waals surface area contributed by atoms with Crippen LogP contribution in [0.15, 0.2) is 18.2 Å². The molecule has 0 aliphatic heterocycles. The first-order valence-electron chi connectivity index (χ1n) is 5.26. The molecule has 0 aliphatic rings. The predicted molar refractivity (Wildman–Crippen MR) is 58.9 cm³/mol. The number of halogens is 2. The summed E-state index contributed by atoms with van der Waals surface area (Å²) in [7, 11) is 0. The van der Waals surface area contributed by atoms with Gasteiger partial charge in [0.1, 0.15) is 17.3 Å². The molecule has 1 N–H and O–H groups in total. The Balaban J connectivity index is 2.87. The number of benzene rings is 1. The zero-order valence-electron chi connectivity index (χ0n) is 9.35. The highest BCUT2D eigenvalue weighted by molar-refractivity contribution is 5.46. The molecule has 0 bridgehead atoms. The van der Waals surface area contributed by atoms with Crippen molar-refractivity contribution in [3.8, 4) is 0 Å². The molecule has 3 heteroatoms. The Morgan fingerprint density at radius 1 is 1.20 bits per heavy atom. The SMILES string of the molecule is CCC(Nc1c(F)cccc1F)C(C)C. The van der Waals surface area contributed by atoms with Crippen LogP contribution in [0.25, 0.3) is 0 Å². The van der Waals surface area contributed by atoms with Crippen LogP contribution in [0.4, 0.5) is 14.5 Å². The van der Waals surface area contributed by atoms with Gasteiger partial charge in [-0.3, -0.25) is 0 Å². The minimum atomic E-state index is -0.533. The molecule has 1 atom stereocenters. The number of rotatable bonds is 4. The standard InChI is InChI=1S/C12H17F2N/c1-4-11(8(2)3)15-12-9(13)6-5-7-10(12)14/h5-8,11,15H,4H2,1-3H3. The van der Waals surface area contributed by atoms with Crippen molar-refractivity contribution >= 4 is 5.69 Å². The van der Waals surface area contributed by atoms with E-state index in [1.807, 2.05) is 20.8 Å². The molecule has 1 unspecified atom stereocenters. The van der Waals surface area contributed by atoms with Crippen LogP contribution in [-0.4, -0.2) is 6.04 Å². The highest BCUT2D eigenvalue weighted by Gasteiger charge is 2.15. The lowest BCUT2D eigenvalue weighted by atomic mass is 10.0. The van der Waals surface area contributed by atoms with Gasteiger partial charge in [0, 0.05) is 6.04 Å². The lowest BCUT2D eigenvalue weighted by Gasteiger charge is -2.22. The molecule has 84 valence electrons. The van der Waals surface area contributed by atoms with Crippen LogP contribution in [-0.2, 0) is 0 Å². The fraction of sp³-hybridized carbons (Fsp3) is 0.500. The van der Waals surface area contributed by atoms with E-state index >= 15 is 0 Å². The zero-order chi connectivity index (χ0) is 11.4. The van der Waals surface area contributed by atoms with E-state index in [0.29, 0.717) is 5.92 Å². The van der Waals surface area contributed by atoms with E-state index in [-0.39, 0.29) is 11.7 Å². The maximum Gasteiger partial charge on any atom is 0.149 e. The van der Waals surface area contributed by atoms with Gasteiger partial charge in [-0.05, 0) is 24.5 Å². The minimum absolute atomic E-state index is 0.0157. The molecule has 0 heterocycles. The Labute approximate surface area is 89.5 Å². The van der Waals surface area contributed by atoms with Crippen molar-refractivity contribution in [3.05, 3.63) is 29.8 Å². The number of hydrogen-bond donors (Lipinski definition) is 1. The van der Waals surface area contributed by atoms with Gasteiger partial charge in [-0.15, -0.1) is 0 Å². The van der Waals surface area contributed by atoms with Gasteiger partial charge >= 0.3 is 0 Å². The summed E-state index contributed by atoms with van der Waals surface area (Å²) in [5.41, 5.74) is -0.0157. The maximum atomic E-state index is 13.3. The molecule has 0 aromatic heterocycles. The second-order valence-electron chi connectivity index (χ2n) is 4.00. The summed E-state index contributed by atoms with van der Waals surface area (Å²) in [4.78, 5) is 0. The average molecular weight is 213 g/mol. The Bertz CT molecular complexity index is 303. The Kier molecular flexibility index (Phi) is 4.06. The molecule has 1 aromatic carbocycles. The first kappa shape index (κ1) is 12.0. The van der Waals surface area contributed by atoms with Crippen LogP contribution in [0.1, 0.15) is 27.2 Å². The lowest BCUT2D eigenvalue weighted by molar-refractivity contribution is 0.500. The Morgan fingerprint density at radius 3 is 2.13 bits per heavy atom. The Hall–Kier alpha value is -1.12. The van der Waals surface area contributed by atoms with Crippen LogP contribution >= 0.6 is 0 Å². The Morgan fingerprint density at radius 2 is 1.73 bits per heavy atom. The molecule has 0 saturated heterocycles. The molecule has 0 radical (unpaired) electrons. The quantitative estimate of drug-likeness (QED) is 0.801. The zero-order valence-corrected chi connectivity index (χ0v) is 9.35. The van der Waals surface area contributed by atoms with Gasteiger partial charge in [-0.25, -0.2) is 8.78 Å². The number of anilines is 1. The summed E-state index contributed by atoms with van der Waals surface area (Å²) in [6.45, 7) is 6.05. The van der Waals surface area contributed by atoms with Crippen LogP contribution in [0.3, 0.4) is 0 Å². The van der Waals surface area contributed by atoms with Gasteiger partial charge in [0.25, 0.3) is 0 Å². The topological polar surface area (TPSA) is 12.0 Å². The normalized spacial score (nSPS) is 12.9. The first-order chi connectivity index (χ1) is 7.06. The third-order valence-corrected chi connectivity index (χ3v) is 2.54. The number of nitrogens with one attached hydrogen (secondary N) is 1. The number of hydrogen-bond acceptors (Lipinski definition) is 1. The van der Waals surface area contributed by atoms with Crippen molar-refractivity contribution in [1.82, 2.24) is 0 Å². The van der Waals surface area contributed by atoms with E-state index in [2.05, 4.69) is 5.32 Å². The van der Waals surface area contributed by atoms with Gasteiger partial charge in [0.15, 0.2) is 0 Å². The van der Waals surface area contributed by atoms with E-state index in [1.54, 1.807) is 0 Å². The van der Waals surface area contributed by atoms with E-state index in [0.717, 1.165) is 6.42 Å². The summed E-state index contributed by atoms with van der Waals surface area (Å²) in [6.07, 6.45) is 0.839. The first-order valence-corrected chi connectivity index (χ1v) is 5.26. The third kappa shape index (κ3) is 2.91. The third-order valence-electron chi connectivity index (χ3n) is 2.54. The number of para-hydroxylation sites is 1. The molecule has 1 aromatic rings. The summed E-state index contributed by atoms with van der Waals surface area (Å²) in [5, 5.41) is 2.91. The molecular weight excluding hydrogens is 196 g/mol. The molecule has 0 spiro atoms. The fourth-order valence-corrected chi connectivity index (χ4v) is 1.56. The summed E-state index contributed by atoms with van der Waals surface area (Å²) in [6, 6.07) is 3.99. The highest BCUT2D eigenvalue weighted by Crippen LogP contribution is 2.21. The second kappa shape index (κ2) is 5.10. The summed E-state index contributed by atoms with van der Waals surface area (Å²) in [5.74, 6) is -0.725. The van der Waals surface area contributed by atoms with Crippen LogP contribution in [0, 0.1) is 17.6 Å². The molecule has 15 heavy (non-hydrogen) atoms. The van der Waals surface area contributed by atoms with E-state index in [4.69, 9.17) is 0 Å². The largest absolute Gasteiger partial charge is 0.377 e. The monoisotopic (exact) mass is 213 g/mol. The van der Waals surface area contributed by atoms with Crippen molar-refractivity contribution in [3.63, 3.8) is 0 Å². The van der Waals surface area contributed by atoms with Gasteiger partial charge in [-0.2, -0.15) is 0 Å². The molecule has 1 rings (SSSR count). The predicted octanol–water partition coefficient (Wildman–Crippen LogP) is 3.81. The van der Waals surface area contributed by atoms with E-state index in [1.165, 1.54) is 18.2 Å². The summed E-state index contributed by atoms with van der Waals surface area (Å²) < 4.78 is 26.6. The molecule has 0 saturated carbocycles. The van der Waals surface area contributed by atoms with Crippen molar-refractivity contribution < 1.29 is 8.78 Å². The van der Waals surface area contributed by atoms with Crippen molar-refractivity contribution in [2.45, 2.75) is 33.2 Å². The highest BCUT2D eigenvalue weighted by atomic mass is 19.1. The molecule has 1 nitrogen and oxygen atoms in total. The molecular formula is C12H17F2N. The van der Waals surface area contributed by atoms with Crippen LogP contribution < -0.4 is 5.32 Å². The smallest absolute Gasteiger partial charge is 0.149 e. The van der Waals surface area contributed by atoms with Crippen molar-refractivity contribution in [1.29, 1.82) is 0 Å².